The zero-order valence-electron chi connectivity index (χ0n) is 9.60. The van der Waals surface area contributed by atoms with Crippen LogP contribution >= 0.6 is 0 Å². The molecule has 0 aliphatic rings. The number of hydrogen-bond donors (Lipinski definition) is 1. The molecule has 1 aromatic rings. The van der Waals surface area contributed by atoms with Crippen LogP contribution in [0.2, 0.25) is 0 Å². The Balaban J connectivity index is 2.52. The van der Waals surface area contributed by atoms with Gasteiger partial charge in [-0.2, -0.15) is 0 Å². The Morgan fingerprint density at radius 1 is 1.12 bits per heavy atom. The number of ether oxygens (including phenoxy) is 2. The Hall–Kier alpha value is -1.11. The second-order valence-corrected chi connectivity index (χ2v) is 3.41. The number of benzene rings is 1. The molecule has 0 amide bonds. The van der Waals surface area contributed by atoms with Crippen LogP contribution in [0.3, 0.4) is 0 Å². The highest BCUT2D eigenvalue weighted by Gasteiger charge is 2.10. The van der Waals surface area contributed by atoms with Crippen LogP contribution in [0.4, 0.5) is 13.2 Å². The lowest BCUT2D eigenvalue weighted by molar-refractivity contribution is -0.0989. The minimum absolute atomic E-state index is 0.192. The van der Waals surface area contributed by atoms with Gasteiger partial charge in [0.25, 0.3) is 0 Å². The molecule has 96 valence electrons. The Labute approximate surface area is 97.5 Å². The number of rotatable bonds is 6. The first-order valence-electron chi connectivity index (χ1n) is 4.98. The van der Waals surface area contributed by atoms with Gasteiger partial charge in [0.1, 0.15) is 0 Å². The van der Waals surface area contributed by atoms with E-state index in [2.05, 4.69) is 5.32 Å². The van der Waals surface area contributed by atoms with Crippen LogP contribution in [-0.2, 0) is 16.0 Å². The minimum Gasteiger partial charge on any atom is -0.355 e. The van der Waals surface area contributed by atoms with Crippen LogP contribution in [0.5, 0.6) is 0 Å². The van der Waals surface area contributed by atoms with E-state index < -0.39 is 23.7 Å². The molecule has 0 aromatic heterocycles. The fraction of sp³-hybridized carbons (Fsp3) is 0.455. The topological polar surface area (TPSA) is 30.5 Å². The van der Waals surface area contributed by atoms with Crippen molar-refractivity contribution in [2.45, 2.75) is 12.8 Å². The van der Waals surface area contributed by atoms with Gasteiger partial charge in [0.2, 0.25) is 0 Å². The molecule has 6 heteroatoms. The van der Waals surface area contributed by atoms with Crippen LogP contribution in [0.15, 0.2) is 12.1 Å². The highest BCUT2D eigenvalue weighted by Crippen LogP contribution is 2.13. The summed E-state index contributed by atoms with van der Waals surface area (Å²) in [4.78, 5) is 0. The monoisotopic (exact) mass is 249 g/mol. The fourth-order valence-electron chi connectivity index (χ4n) is 1.31. The van der Waals surface area contributed by atoms with Gasteiger partial charge in [-0.05, 0) is 17.7 Å². The second kappa shape index (κ2) is 6.58. The van der Waals surface area contributed by atoms with Gasteiger partial charge in [0, 0.05) is 27.3 Å². The summed E-state index contributed by atoms with van der Waals surface area (Å²) < 4.78 is 48.2. The number of nitrogens with one attached hydrogen (secondary N) is 1. The van der Waals surface area contributed by atoms with Gasteiger partial charge in [0.05, 0.1) is 0 Å². The molecule has 0 atom stereocenters. The summed E-state index contributed by atoms with van der Waals surface area (Å²) in [5.74, 6) is -3.85. The van der Waals surface area contributed by atoms with E-state index in [-0.39, 0.29) is 6.54 Å². The van der Waals surface area contributed by atoms with E-state index in [9.17, 15) is 13.2 Å². The molecule has 1 N–H and O–H groups in total. The van der Waals surface area contributed by atoms with E-state index in [1.807, 2.05) is 0 Å². The smallest absolute Gasteiger partial charge is 0.194 e. The van der Waals surface area contributed by atoms with Crippen molar-refractivity contribution in [2.24, 2.45) is 0 Å². The molecule has 0 saturated carbocycles. The lowest BCUT2D eigenvalue weighted by atomic mass is 10.2. The van der Waals surface area contributed by atoms with Gasteiger partial charge >= 0.3 is 0 Å². The molecule has 3 nitrogen and oxygen atoms in total. The summed E-state index contributed by atoms with van der Waals surface area (Å²) in [7, 11) is 2.96. The number of methoxy groups -OCH3 is 2. The van der Waals surface area contributed by atoms with Gasteiger partial charge in [-0.3, -0.25) is 0 Å². The lowest BCUT2D eigenvalue weighted by Crippen LogP contribution is -2.29. The third-order valence-corrected chi connectivity index (χ3v) is 2.21. The molecule has 1 rings (SSSR count). The molecule has 0 spiro atoms. The van der Waals surface area contributed by atoms with Gasteiger partial charge in [-0.1, -0.05) is 0 Å². The lowest BCUT2D eigenvalue weighted by Gasteiger charge is -2.14. The van der Waals surface area contributed by atoms with E-state index >= 15 is 0 Å². The maximum Gasteiger partial charge on any atom is 0.194 e. The number of halogens is 3. The quantitative estimate of drug-likeness (QED) is 0.616. The molecule has 0 saturated heterocycles. The van der Waals surface area contributed by atoms with E-state index in [0.717, 1.165) is 12.1 Å². The van der Waals surface area contributed by atoms with Crippen molar-refractivity contribution in [2.75, 3.05) is 20.8 Å². The predicted molar refractivity (Wildman–Crippen MR) is 55.8 cm³/mol. The van der Waals surface area contributed by atoms with Gasteiger partial charge in [0.15, 0.2) is 23.7 Å². The zero-order valence-corrected chi connectivity index (χ0v) is 9.60. The third-order valence-electron chi connectivity index (χ3n) is 2.21. The van der Waals surface area contributed by atoms with Crippen LogP contribution < -0.4 is 5.32 Å². The highest BCUT2D eigenvalue weighted by molar-refractivity contribution is 5.19. The molecule has 0 aliphatic heterocycles. The summed E-state index contributed by atoms with van der Waals surface area (Å²) >= 11 is 0. The molecule has 0 unspecified atom stereocenters. The van der Waals surface area contributed by atoms with Crippen LogP contribution in [0.25, 0.3) is 0 Å². The maximum absolute atomic E-state index is 12.9. The van der Waals surface area contributed by atoms with Crippen molar-refractivity contribution in [3.63, 3.8) is 0 Å². The average Bonchev–Trinajstić information content (AvgIpc) is 2.31. The van der Waals surface area contributed by atoms with E-state index in [1.54, 1.807) is 0 Å². The Kier molecular flexibility index (Phi) is 5.40. The molecule has 0 radical (unpaired) electrons. The summed E-state index contributed by atoms with van der Waals surface area (Å²) in [6.07, 6.45) is -0.440. The van der Waals surface area contributed by atoms with Crippen LogP contribution in [0, 0.1) is 17.5 Å². The van der Waals surface area contributed by atoms with Crippen LogP contribution in [0.1, 0.15) is 5.56 Å². The van der Waals surface area contributed by atoms with Gasteiger partial charge < -0.3 is 14.8 Å². The largest absolute Gasteiger partial charge is 0.355 e. The van der Waals surface area contributed by atoms with E-state index in [0.29, 0.717) is 12.1 Å². The predicted octanol–water partition coefficient (Wildman–Crippen LogP) is 1.81. The highest BCUT2D eigenvalue weighted by atomic mass is 19.2. The zero-order chi connectivity index (χ0) is 12.8. The third kappa shape index (κ3) is 3.99. The van der Waals surface area contributed by atoms with Crippen LogP contribution in [-0.4, -0.2) is 27.1 Å². The Bertz CT molecular complexity index is 347. The van der Waals surface area contributed by atoms with E-state index in [1.165, 1.54) is 14.2 Å². The molecule has 1 aromatic carbocycles. The van der Waals surface area contributed by atoms with Crippen molar-refractivity contribution in [1.82, 2.24) is 5.32 Å². The summed E-state index contributed by atoms with van der Waals surface area (Å²) in [6, 6.07) is 1.89. The summed E-state index contributed by atoms with van der Waals surface area (Å²) in [5.41, 5.74) is 0.312. The molecule has 0 aliphatic carbocycles. The number of hydrogen-bond acceptors (Lipinski definition) is 3. The normalized spacial score (nSPS) is 11.2. The molecular formula is C11H14F3NO2. The average molecular weight is 249 g/mol. The molecule has 17 heavy (non-hydrogen) atoms. The fourth-order valence-corrected chi connectivity index (χ4v) is 1.31. The molecule has 0 bridgehead atoms. The van der Waals surface area contributed by atoms with Gasteiger partial charge in [-0.25, -0.2) is 13.2 Å². The summed E-state index contributed by atoms with van der Waals surface area (Å²) in [6.45, 7) is 0.547. The summed E-state index contributed by atoms with van der Waals surface area (Å²) in [5, 5.41) is 2.87. The van der Waals surface area contributed by atoms with Crippen molar-refractivity contribution >= 4 is 0 Å². The first kappa shape index (κ1) is 14.0. The standard InChI is InChI=1S/C11H14F3NO2/c1-16-10(17-2)6-15-5-7-3-8(12)11(14)9(13)4-7/h3-4,10,15H,5-6H2,1-2H3. The first-order valence-corrected chi connectivity index (χ1v) is 4.98. The van der Waals surface area contributed by atoms with Crippen molar-refractivity contribution in [1.29, 1.82) is 0 Å². The van der Waals surface area contributed by atoms with E-state index in [4.69, 9.17) is 9.47 Å². The Morgan fingerprint density at radius 2 is 1.65 bits per heavy atom. The SMILES string of the molecule is COC(CNCc1cc(F)c(F)c(F)c1)OC. The molecule has 0 fully saturated rings. The van der Waals surface area contributed by atoms with Gasteiger partial charge in [-0.15, -0.1) is 0 Å². The minimum atomic E-state index is -1.46. The maximum atomic E-state index is 12.9. The Morgan fingerprint density at radius 3 is 2.12 bits per heavy atom. The second-order valence-electron chi connectivity index (χ2n) is 3.41. The van der Waals surface area contributed by atoms with Crippen molar-refractivity contribution < 1.29 is 22.6 Å². The molecule has 0 heterocycles. The van der Waals surface area contributed by atoms with Crippen molar-refractivity contribution in [3.05, 3.63) is 35.1 Å². The van der Waals surface area contributed by atoms with Crippen molar-refractivity contribution in [3.8, 4) is 0 Å². The first-order chi connectivity index (χ1) is 8.08. The molecular weight excluding hydrogens is 235 g/mol.